The minimum Gasteiger partial charge on any atom is -0.357 e. The van der Waals surface area contributed by atoms with Crippen molar-refractivity contribution in [3.05, 3.63) is 24.0 Å². The molecule has 1 rings (SSSR count). The molecule has 0 saturated carbocycles. The van der Waals surface area contributed by atoms with Crippen molar-refractivity contribution in [2.24, 2.45) is 7.05 Å². The van der Waals surface area contributed by atoms with Gasteiger partial charge in [0.1, 0.15) is 0 Å². The van der Waals surface area contributed by atoms with Crippen molar-refractivity contribution in [3.8, 4) is 0 Å². The number of hydrogen-bond acceptors (Lipinski definition) is 3. The van der Waals surface area contributed by atoms with Gasteiger partial charge in [-0.15, -0.1) is 0 Å². The molecule has 6 heteroatoms. The number of sulfonamides is 1. The predicted molar refractivity (Wildman–Crippen MR) is 64.6 cm³/mol. The molecule has 0 radical (unpaired) electrons. The van der Waals surface area contributed by atoms with Crippen molar-refractivity contribution in [1.29, 1.82) is 0 Å². The van der Waals surface area contributed by atoms with Crippen LogP contribution in [0.2, 0.25) is 0 Å². The first-order chi connectivity index (χ1) is 7.47. The lowest BCUT2D eigenvalue weighted by molar-refractivity contribution is 0.579. The third kappa shape index (κ3) is 5.89. The van der Waals surface area contributed by atoms with Crippen LogP contribution >= 0.6 is 0 Å². The van der Waals surface area contributed by atoms with E-state index >= 15 is 0 Å². The predicted octanol–water partition coefficient (Wildman–Crippen LogP) is 0.0540. The molecule has 92 valence electrons. The smallest absolute Gasteiger partial charge is 0.208 e. The Morgan fingerprint density at radius 3 is 2.69 bits per heavy atom. The molecule has 1 heterocycles. The van der Waals surface area contributed by atoms with Gasteiger partial charge in [0.2, 0.25) is 10.0 Å². The first-order valence-corrected chi connectivity index (χ1v) is 7.13. The monoisotopic (exact) mass is 245 g/mol. The van der Waals surface area contributed by atoms with E-state index < -0.39 is 10.0 Å². The summed E-state index contributed by atoms with van der Waals surface area (Å²) in [6, 6.07) is 2.06. The molecule has 0 unspecified atom stereocenters. The number of nitrogens with one attached hydrogen (secondary N) is 2. The number of nitrogens with zero attached hydrogens (tertiary/aromatic N) is 1. The Morgan fingerprint density at radius 2 is 2.12 bits per heavy atom. The highest BCUT2D eigenvalue weighted by Gasteiger charge is 1.98. The molecule has 0 aromatic carbocycles. The number of hydrogen-bond donors (Lipinski definition) is 2. The zero-order valence-electron chi connectivity index (χ0n) is 9.73. The molecule has 1 aromatic rings. The van der Waals surface area contributed by atoms with E-state index in [0.29, 0.717) is 6.54 Å². The quantitative estimate of drug-likeness (QED) is 0.667. The van der Waals surface area contributed by atoms with E-state index in [1.807, 2.05) is 17.8 Å². The van der Waals surface area contributed by atoms with Gasteiger partial charge in [-0.1, -0.05) is 0 Å². The van der Waals surface area contributed by atoms with Crippen LogP contribution in [0.25, 0.3) is 0 Å². The summed E-state index contributed by atoms with van der Waals surface area (Å²) in [7, 11) is -1.06. The van der Waals surface area contributed by atoms with E-state index in [0.717, 1.165) is 19.5 Å². The minimum absolute atomic E-state index is 0.487. The van der Waals surface area contributed by atoms with E-state index in [2.05, 4.69) is 22.3 Å². The summed E-state index contributed by atoms with van der Waals surface area (Å²) in [5, 5.41) is 3.25. The number of aromatic nitrogens is 1. The highest BCUT2D eigenvalue weighted by atomic mass is 32.2. The topological polar surface area (TPSA) is 63.1 Å². The standard InChI is InChI=1S/C10H19N3O2S/c1-13-7-4-10(9-13)8-11-5-3-6-12-16(2,14)15/h4,7,9,11-12H,3,5-6,8H2,1-2H3. The van der Waals surface area contributed by atoms with Crippen LogP contribution < -0.4 is 10.0 Å². The summed E-state index contributed by atoms with van der Waals surface area (Å²) >= 11 is 0. The van der Waals surface area contributed by atoms with Gasteiger partial charge in [-0.25, -0.2) is 13.1 Å². The Labute approximate surface area is 96.9 Å². The Balaban J connectivity index is 2.04. The summed E-state index contributed by atoms with van der Waals surface area (Å²) in [6.07, 6.45) is 6.02. The molecule has 0 bridgehead atoms. The van der Waals surface area contributed by atoms with Gasteiger partial charge in [0.05, 0.1) is 6.26 Å². The summed E-state index contributed by atoms with van der Waals surface area (Å²) in [6.45, 7) is 2.11. The average Bonchev–Trinajstić information content (AvgIpc) is 2.56. The van der Waals surface area contributed by atoms with Gasteiger partial charge in [-0.3, -0.25) is 0 Å². The van der Waals surface area contributed by atoms with Gasteiger partial charge < -0.3 is 9.88 Å². The van der Waals surface area contributed by atoms with Gasteiger partial charge in [0.25, 0.3) is 0 Å². The van der Waals surface area contributed by atoms with Crippen LogP contribution in [0.15, 0.2) is 18.5 Å². The Morgan fingerprint density at radius 1 is 1.38 bits per heavy atom. The van der Waals surface area contributed by atoms with E-state index in [1.165, 1.54) is 11.8 Å². The lowest BCUT2D eigenvalue weighted by Gasteiger charge is -2.04. The van der Waals surface area contributed by atoms with Crippen LogP contribution in [0.4, 0.5) is 0 Å². The summed E-state index contributed by atoms with van der Waals surface area (Å²) in [4.78, 5) is 0. The van der Waals surface area contributed by atoms with Gasteiger partial charge in [0, 0.05) is 32.5 Å². The van der Waals surface area contributed by atoms with Crippen LogP contribution in [0.3, 0.4) is 0 Å². The van der Waals surface area contributed by atoms with Crippen molar-refractivity contribution >= 4 is 10.0 Å². The average molecular weight is 245 g/mol. The molecule has 0 aliphatic heterocycles. The van der Waals surface area contributed by atoms with Crippen LogP contribution in [-0.2, 0) is 23.6 Å². The van der Waals surface area contributed by atoms with E-state index in [4.69, 9.17) is 0 Å². The van der Waals surface area contributed by atoms with Crippen LogP contribution in [0, 0.1) is 0 Å². The third-order valence-corrected chi connectivity index (χ3v) is 2.85. The molecule has 0 spiro atoms. The third-order valence-electron chi connectivity index (χ3n) is 2.12. The number of aryl methyl sites for hydroxylation is 1. The maximum absolute atomic E-state index is 10.8. The second-order valence-corrected chi connectivity index (χ2v) is 5.72. The largest absolute Gasteiger partial charge is 0.357 e. The molecule has 0 amide bonds. The normalized spacial score (nSPS) is 11.9. The molecular weight excluding hydrogens is 226 g/mol. The lowest BCUT2D eigenvalue weighted by Crippen LogP contribution is -2.26. The fourth-order valence-corrected chi connectivity index (χ4v) is 1.88. The zero-order valence-corrected chi connectivity index (χ0v) is 10.5. The fourth-order valence-electron chi connectivity index (χ4n) is 1.37. The highest BCUT2D eigenvalue weighted by Crippen LogP contribution is 1.97. The van der Waals surface area contributed by atoms with Crippen molar-refractivity contribution in [2.75, 3.05) is 19.3 Å². The molecule has 16 heavy (non-hydrogen) atoms. The molecule has 0 fully saturated rings. The maximum atomic E-state index is 10.8. The van der Waals surface area contributed by atoms with Gasteiger partial charge in [0.15, 0.2) is 0 Å². The SMILES string of the molecule is Cn1ccc(CNCCCNS(C)(=O)=O)c1. The van der Waals surface area contributed by atoms with E-state index in [1.54, 1.807) is 0 Å². The van der Waals surface area contributed by atoms with E-state index in [-0.39, 0.29) is 0 Å². The Bertz CT molecular complexity index is 411. The molecular formula is C10H19N3O2S. The molecule has 1 aromatic heterocycles. The first-order valence-electron chi connectivity index (χ1n) is 5.23. The molecule has 0 aliphatic carbocycles. The van der Waals surface area contributed by atoms with Crippen molar-refractivity contribution in [2.45, 2.75) is 13.0 Å². The van der Waals surface area contributed by atoms with Crippen LogP contribution in [-0.4, -0.2) is 32.3 Å². The fraction of sp³-hybridized carbons (Fsp3) is 0.600. The first kappa shape index (κ1) is 13.2. The molecule has 0 atom stereocenters. The highest BCUT2D eigenvalue weighted by molar-refractivity contribution is 7.88. The lowest BCUT2D eigenvalue weighted by atomic mass is 10.3. The summed E-state index contributed by atoms with van der Waals surface area (Å²) < 4.78 is 26.0. The Hall–Kier alpha value is -0.850. The molecule has 0 aliphatic rings. The number of rotatable bonds is 7. The molecule has 2 N–H and O–H groups in total. The second-order valence-electron chi connectivity index (χ2n) is 3.88. The van der Waals surface area contributed by atoms with E-state index in [9.17, 15) is 8.42 Å². The molecule has 5 nitrogen and oxygen atoms in total. The minimum atomic E-state index is -3.04. The van der Waals surface area contributed by atoms with Crippen LogP contribution in [0.1, 0.15) is 12.0 Å². The maximum Gasteiger partial charge on any atom is 0.208 e. The van der Waals surface area contributed by atoms with Gasteiger partial charge >= 0.3 is 0 Å². The second kappa shape index (κ2) is 6.03. The molecule has 0 saturated heterocycles. The summed E-state index contributed by atoms with van der Waals surface area (Å²) in [5.41, 5.74) is 1.23. The van der Waals surface area contributed by atoms with Crippen molar-refractivity contribution < 1.29 is 8.42 Å². The van der Waals surface area contributed by atoms with Gasteiger partial charge in [-0.05, 0) is 24.6 Å². The summed E-state index contributed by atoms with van der Waals surface area (Å²) in [5.74, 6) is 0. The van der Waals surface area contributed by atoms with Crippen molar-refractivity contribution in [1.82, 2.24) is 14.6 Å². The van der Waals surface area contributed by atoms with Crippen LogP contribution in [0.5, 0.6) is 0 Å². The van der Waals surface area contributed by atoms with Crippen molar-refractivity contribution in [3.63, 3.8) is 0 Å². The van der Waals surface area contributed by atoms with Gasteiger partial charge in [-0.2, -0.15) is 0 Å². The Kier molecular flexibility index (Phi) is 4.98. The zero-order chi connectivity index (χ0) is 12.0.